The van der Waals surface area contributed by atoms with Gasteiger partial charge >= 0.3 is 5.97 Å². The van der Waals surface area contributed by atoms with E-state index in [1.54, 1.807) is 12.2 Å². The van der Waals surface area contributed by atoms with Crippen LogP contribution in [0.2, 0.25) is 0 Å². The number of carboxylic acid groups (broad SMARTS) is 1. The van der Waals surface area contributed by atoms with Gasteiger partial charge in [0, 0.05) is 3.81 Å². The van der Waals surface area contributed by atoms with E-state index < -0.39 is 28.4 Å². The minimum absolute atomic E-state index is 0.00750. The van der Waals surface area contributed by atoms with Gasteiger partial charge in [-0.1, -0.05) is 20.8 Å². The number of aliphatic hydroxyl groups is 2. The highest BCUT2D eigenvalue weighted by molar-refractivity contribution is 14.3. The summed E-state index contributed by atoms with van der Waals surface area (Å²) in [5.74, 6) is -1.19. The number of halogens is 2. The van der Waals surface area contributed by atoms with Crippen LogP contribution in [0.1, 0.15) is 47.0 Å². The molecule has 0 saturated heterocycles. The van der Waals surface area contributed by atoms with Gasteiger partial charge in [-0.3, -0.25) is 4.79 Å². The quantitative estimate of drug-likeness (QED) is 0.175. The van der Waals surface area contributed by atoms with E-state index in [-0.39, 0.29) is 16.9 Å². The Balaban J connectivity index is 0. The molecule has 8 nitrogen and oxygen atoms in total. The van der Waals surface area contributed by atoms with E-state index in [4.69, 9.17) is 16.6 Å². The molecule has 2 atom stereocenters. The number of hydrogen-bond donors (Lipinski definition) is 3. The smallest absolute Gasteiger partial charge is 0.314 e. The van der Waals surface area contributed by atoms with Gasteiger partial charge < -0.3 is 15.3 Å². The molecule has 162 valence electrons. The maximum Gasteiger partial charge on any atom is 0.314 e. The Hall–Kier alpha value is 0.0400. The van der Waals surface area contributed by atoms with Crippen LogP contribution in [0.25, 0.3) is 0 Å². The maximum absolute atomic E-state index is 10.3. The number of carbonyl (C=O) groups excluding carboxylic acids is 2. The SMILES string of the molecule is CC(CO)(CO)C(=O)O.CC1(C)CC(N=C=O)CC(C)(CN=C=O)C1.[2H]P(I)I. The molecule has 1 rings (SSSR count). The fourth-order valence-corrected chi connectivity index (χ4v) is 3.27. The van der Waals surface area contributed by atoms with Crippen LogP contribution >= 0.6 is 47.9 Å². The molecule has 0 amide bonds. The molecule has 1 saturated carbocycles. The number of carboxylic acids is 1. The van der Waals surface area contributed by atoms with Crippen molar-refractivity contribution < 1.29 is 29.7 Å². The summed E-state index contributed by atoms with van der Waals surface area (Å²) < 4.78 is 6.19. The first-order valence-corrected chi connectivity index (χ1v) is 14.8. The minimum atomic E-state index is -1.39. The Morgan fingerprint density at radius 3 is 2.07 bits per heavy atom. The van der Waals surface area contributed by atoms with Crippen LogP contribution in [0.3, 0.4) is 0 Å². The van der Waals surface area contributed by atoms with Gasteiger partial charge in [-0.25, -0.2) is 19.6 Å². The zero-order valence-electron chi connectivity index (χ0n) is 17.5. The monoisotopic (exact) mass is 643 g/mol. The van der Waals surface area contributed by atoms with Crippen LogP contribution in [0.15, 0.2) is 9.98 Å². The zero-order valence-corrected chi connectivity index (χ0v) is 21.7. The van der Waals surface area contributed by atoms with Crippen LogP contribution in [-0.4, -0.2) is 60.5 Å². The van der Waals surface area contributed by atoms with Crippen molar-refractivity contribution in [3.05, 3.63) is 0 Å². The van der Waals surface area contributed by atoms with E-state index in [1.807, 2.05) is 0 Å². The average Bonchev–Trinajstić information content (AvgIpc) is 2.57. The van der Waals surface area contributed by atoms with E-state index in [0.29, 0.717) is 6.54 Å². The summed E-state index contributed by atoms with van der Waals surface area (Å²) in [6.07, 6.45) is 5.88. The van der Waals surface area contributed by atoms with Crippen LogP contribution in [0.4, 0.5) is 0 Å². The van der Waals surface area contributed by atoms with Gasteiger partial charge in [-0.15, -0.1) is 0 Å². The van der Waals surface area contributed by atoms with Crippen molar-refractivity contribution in [2.24, 2.45) is 26.2 Å². The van der Waals surface area contributed by atoms with Gasteiger partial charge in [0.1, 0.15) is 5.41 Å². The molecule has 0 aromatic rings. The number of carbonyl (C=O) groups is 1. The highest BCUT2D eigenvalue weighted by Gasteiger charge is 2.41. The van der Waals surface area contributed by atoms with Gasteiger partial charge in [-0.2, -0.15) is 0 Å². The standard InChI is InChI=1S/C12H18N2O2.C5H10O4.HI2P/c1-11(2)4-10(14-9-16)5-12(3,6-11)7-13-8-15;1-5(2-6,3-7)4(8)9;1-3-2/h10H,4-7H2,1-3H3;6-7H,2-3H2,1H3,(H,8,9);3H/i;;3D. The van der Waals surface area contributed by atoms with Gasteiger partial charge in [0.25, 0.3) is 0 Å². The number of aliphatic hydroxyl groups excluding tert-OH is 2. The summed E-state index contributed by atoms with van der Waals surface area (Å²) in [6, 6.07) is 0.00750. The summed E-state index contributed by atoms with van der Waals surface area (Å²) in [7, 11) is 0. The molecule has 2 unspecified atom stereocenters. The predicted octanol–water partition coefficient (Wildman–Crippen LogP) is 3.67. The maximum atomic E-state index is 10.3. The molecule has 1 aliphatic rings. The van der Waals surface area contributed by atoms with Gasteiger partial charge in [-0.05, 0) is 81.1 Å². The highest BCUT2D eigenvalue weighted by atomic mass is 127. The number of rotatable bonds is 6. The topological polar surface area (TPSA) is 137 Å². The average molecular weight is 643 g/mol. The van der Waals surface area contributed by atoms with Crippen LogP contribution in [-0.2, 0) is 14.4 Å². The second-order valence-electron chi connectivity index (χ2n) is 8.09. The van der Waals surface area contributed by atoms with E-state index in [9.17, 15) is 14.4 Å². The molecule has 0 aliphatic heterocycles. The van der Waals surface area contributed by atoms with Crippen molar-refractivity contribution in [3.63, 3.8) is 0 Å². The van der Waals surface area contributed by atoms with Gasteiger partial charge in [0.2, 0.25) is 12.2 Å². The fraction of sp³-hybridized carbons (Fsp3) is 0.824. The van der Waals surface area contributed by atoms with Crippen LogP contribution in [0, 0.1) is 16.2 Å². The van der Waals surface area contributed by atoms with Crippen molar-refractivity contribution in [3.8, 4) is 0 Å². The van der Waals surface area contributed by atoms with Crippen LogP contribution < -0.4 is 0 Å². The summed E-state index contributed by atoms with van der Waals surface area (Å²) in [5, 5.41) is 25.1. The Kier molecular flexibility index (Phi) is 15.0. The molecule has 0 radical (unpaired) electrons. The fourth-order valence-electron chi connectivity index (χ4n) is 3.27. The molecule has 0 aromatic carbocycles. The van der Waals surface area contributed by atoms with E-state index in [0.717, 1.165) is 19.3 Å². The Bertz CT molecular complexity index is 606. The lowest BCUT2D eigenvalue weighted by atomic mass is 9.63. The largest absolute Gasteiger partial charge is 0.481 e. The highest BCUT2D eigenvalue weighted by Crippen LogP contribution is 2.47. The zero-order chi connectivity index (χ0) is 23.3. The van der Waals surface area contributed by atoms with Crippen molar-refractivity contribution >= 4 is 66.0 Å². The molecule has 0 bridgehead atoms. The van der Waals surface area contributed by atoms with Crippen molar-refractivity contribution in [2.45, 2.75) is 53.0 Å². The number of isocyanates is 2. The van der Waals surface area contributed by atoms with Crippen molar-refractivity contribution in [1.29, 1.82) is 1.28 Å². The number of aliphatic carboxylic acids is 1. The molecular formula is C17H29I2N2O6P. The lowest BCUT2D eigenvalue weighted by molar-refractivity contribution is -0.152. The molecule has 0 heterocycles. The van der Waals surface area contributed by atoms with Gasteiger partial charge in [0.15, 0.2) is 0 Å². The van der Waals surface area contributed by atoms with Crippen molar-refractivity contribution in [2.75, 3.05) is 19.8 Å². The number of hydrogen-bond acceptors (Lipinski definition) is 7. The van der Waals surface area contributed by atoms with Gasteiger partial charge in [0.05, 0.1) is 27.1 Å². The number of nitrogens with zero attached hydrogens (tertiary/aromatic N) is 2. The Labute approximate surface area is 195 Å². The Morgan fingerprint density at radius 1 is 1.25 bits per heavy atom. The lowest BCUT2D eigenvalue weighted by Gasteiger charge is -2.44. The van der Waals surface area contributed by atoms with E-state index in [2.05, 4.69) is 74.8 Å². The molecular weight excluding hydrogens is 613 g/mol. The first-order valence-electron chi connectivity index (χ1n) is 8.82. The van der Waals surface area contributed by atoms with E-state index >= 15 is 0 Å². The molecule has 3 N–H and O–H groups in total. The molecule has 28 heavy (non-hydrogen) atoms. The normalized spacial score (nSPS) is 23.5. The lowest BCUT2D eigenvalue weighted by Crippen LogP contribution is -2.39. The third kappa shape index (κ3) is 12.6. The molecule has 0 aromatic heterocycles. The summed E-state index contributed by atoms with van der Waals surface area (Å²) in [5.41, 5.74) is -1.33. The van der Waals surface area contributed by atoms with E-state index in [1.165, 1.54) is 6.92 Å². The number of aliphatic imine (C=N–C) groups is 2. The molecule has 1 aliphatic carbocycles. The minimum Gasteiger partial charge on any atom is -0.481 e. The predicted molar refractivity (Wildman–Crippen MR) is 127 cm³/mol. The first kappa shape index (κ1) is 28.0. The third-order valence-corrected chi connectivity index (χ3v) is 4.40. The second-order valence-corrected chi connectivity index (χ2v) is 16.6. The molecule has 0 spiro atoms. The second kappa shape index (κ2) is 14.9. The van der Waals surface area contributed by atoms with Crippen molar-refractivity contribution in [1.82, 2.24) is 0 Å². The summed E-state index contributed by atoms with van der Waals surface area (Å²) >= 11 is 4.12. The first-order chi connectivity index (χ1) is 13.2. The van der Waals surface area contributed by atoms with Crippen LogP contribution in [0.5, 0.6) is 0 Å². The Morgan fingerprint density at radius 2 is 1.75 bits per heavy atom. The summed E-state index contributed by atoms with van der Waals surface area (Å²) in [4.78, 5) is 38.2. The summed E-state index contributed by atoms with van der Waals surface area (Å²) in [6.45, 7) is 7.05. The molecule has 1 fully saturated rings. The third-order valence-electron chi connectivity index (χ3n) is 4.40. The molecule has 11 heteroatoms.